The molecule has 2 aromatic heterocycles. The largest absolute Gasteiger partial charge is 0.486 e. The molecule has 0 fully saturated rings. The number of carbonyl (C=O) groups is 1. The Kier molecular flexibility index (Phi) is 4.65. The van der Waals surface area contributed by atoms with Crippen molar-refractivity contribution in [3.63, 3.8) is 0 Å². The fourth-order valence-corrected chi connectivity index (χ4v) is 3.20. The Hall–Kier alpha value is -3.13. The molecule has 1 aliphatic rings. The third-order valence-electron chi connectivity index (χ3n) is 3.66. The van der Waals surface area contributed by atoms with E-state index < -0.39 is 0 Å². The Morgan fingerprint density at radius 3 is 2.62 bits per heavy atom. The monoisotopic (exact) mass is 368 g/mol. The molecule has 0 bridgehead atoms. The SMILES string of the molecule is O=C(Cc1cccs1)Nc1ccc(Nc2ccc3c(c2)OCCO3)nn1. The van der Waals surface area contributed by atoms with Crippen LogP contribution >= 0.6 is 11.3 Å². The smallest absolute Gasteiger partial charge is 0.230 e. The summed E-state index contributed by atoms with van der Waals surface area (Å²) in [4.78, 5) is 13.0. The van der Waals surface area contributed by atoms with Crippen LogP contribution in [0.25, 0.3) is 0 Å². The van der Waals surface area contributed by atoms with Gasteiger partial charge in [0.25, 0.3) is 0 Å². The number of benzene rings is 1. The third-order valence-corrected chi connectivity index (χ3v) is 4.54. The predicted octanol–water partition coefficient (Wildman–Crippen LogP) is 3.23. The molecule has 132 valence electrons. The number of amides is 1. The van der Waals surface area contributed by atoms with E-state index in [-0.39, 0.29) is 5.91 Å². The molecule has 1 aromatic carbocycles. The highest BCUT2D eigenvalue weighted by atomic mass is 32.1. The molecule has 3 aromatic rings. The van der Waals surface area contributed by atoms with Gasteiger partial charge in [-0.3, -0.25) is 4.79 Å². The normalized spacial score (nSPS) is 12.5. The summed E-state index contributed by atoms with van der Waals surface area (Å²) in [5, 5.41) is 16.0. The zero-order valence-corrected chi connectivity index (χ0v) is 14.6. The number of hydrogen-bond acceptors (Lipinski definition) is 7. The van der Waals surface area contributed by atoms with Gasteiger partial charge in [0.1, 0.15) is 13.2 Å². The van der Waals surface area contributed by atoms with Gasteiger partial charge in [0, 0.05) is 16.6 Å². The average molecular weight is 368 g/mol. The van der Waals surface area contributed by atoms with Crippen LogP contribution in [0.4, 0.5) is 17.3 Å². The quantitative estimate of drug-likeness (QED) is 0.719. The van der Waals surface area contributed by atoms with Gasteiger partial charge in [-0.05, 0) is 35.7 Å². The summed E-state index contributed by atoms with van der Waals surface area (Å²) in [6, 6.07) is 12.9. The first-order valence-corrected chi connectivity index (χ1v) is 8.97. The summed E-state index contributed by atoms with van der Waals surface area (Å²) in [6.45, 7) is 1.10. The molecule has 1 aliphatic heterocycles. The summed E-state index contributed by atoms with van der Waals surface area (Å²) in [7, 11) is 0. The fraction of sp³-hybridized carbons (Fsp3) is 0.167. The first-order chi connectivity index (χ1) is 12.8. The van der Waals surface area contributed by atoms with Gasteiger partial charge in [0.15, 0.2) is 23.1 Å². The molecule has 0 saturated heterocycles. The lowest BCUT2D eigenvalue weighted by Gasteiger charge is -2.19. The van der Waals surface area contributed by atoms with E-state index in [0.29, 0.717) is 37.0 Å². The van der Waals surface area contributed by atoms with Crippen molar-refractivity contribution in [3.05, 3.63) is 52.7 Å². The van der Waals surface area contributed by atoms with Gasteiger partial charge in [-0.2, -0.15) is 0 Å². The standard InChI is InChI=1S/C18H16N4O3S/c23-18(11-13-2-1-9-26-13)20-17-6-5-16(21-22-17)19-12-3-4-14-15(10-12)25-8-7-24-14/h1-6,9-10H,7-8,11H2,(H,19,21)(H,20,22,23). The number of fused-ring (bicyclic) bond motifs is 1. The van der Waals surface area contributed by atoms with E-state index in [0.717, 1.165) is 16.3 Å². The van der Waals surface area contributed by atoms with Crippen LogP contribution in [0.15, 0.2) is 47.8 Å². The van der Waals surface area contributed by atoms with Crippen molar-refractivity contribution < 1.29 is 14.3 Å². The summed E-state index contributed by atoms with van der Waals surface area (Å²) < 4.78 is 11.1. The van der Waals surface area contributed by atoms with Gasteiger partial charge in [-0.25, -0.2) is 0 Å². The van der Waals surface area contributed by atoms with Gasteiger partial charge in [-0.15, -0.1) is 21.5 Å². The third kappa shape index (κ3) is 3.92. The van der Waals surface area contributed by atoms with E-state index in [2.05, 4.69) is 20.8 Å². The number of aromatic nitrogens is 2. The minimum atomic E-state index is -0.116. The average Bonchev–Trinajstić information content (AvgIpc) is 3.16. The first-order valence-electron chi connectivity index (χ1n) is 8.09. The number of thiophene rings is 1. The molecule has 0 spiro atoms. The molecule has 26 heavy (non-hydrogen) atoms. The van der Waals surface area contributed by atoms with Crippen LogP contribution in [0.1, 0.15) is 4.88 Å². The Bertz CT molecular complexity index is 897. The van der Waals surface area contributed by atoms with Crippen molar-refractivity contribution in [2.24, 2.45) is 0 Å². The maximum atomic E-state index is 12.0. The molecule has 1 amide bonds. The second-order valence-corrected chi connectivity index (χ2v) is 6.62. The van der Waals surface area contributed by atoms with Crippen LogP contribution in [-0.4, -0.2) is 29.3 Å². The summed E-state index contributed by atoms with van der Waals surface area (Å²) in [5.41, 5.74) is 0.818. The van der Waals surface area contributed by atoms with Crippen LogP contribution < -0.4 is 20.1 Å². The van der Waals surface area contributed by atoms with Crippen LogP contribution in [0.3, 0.4) is 0 Å². The number of anilines is 3. The van der Waals surface area contributed by atoms with Gasteiger partial charge >= 0.3 is 0 Å². The summed E-state index contributed by atoms with van der Waals surface area (Å²) >= 11 is 1.55. The maximum absolute atomic E-state index is 12.0. The van der Waals surface area contributed by atoms with Crippen molar-refractivity contribution in [2.45, 2.75) is 6.42 Å². The zero-order valence-electron chi connectivity index (χ0n) is 13.8. The number of ether oxygens (including phenoxy) is 2. The highest BCUT2D eigenvalue weighted by Gasteiger charge is 2.12. The Morgan fingerprint density at radius 1 is 1.04 bits per heavy atom. The minimum absolute atomic E-state index is 0.116. The van der Waals surface area contributed by atoms with Crippen molar-refractivity contribution in [1.82, 2.24) is 10.2 Å². The van der Waals surface area contributed by atoms with Crippen LogP contribution in [-0.2, 0) is 11.2 Å². The molecule has 3 heterocycles. The van der Waals surface area contributed by atoms with Gasteiger partial charge in [0.2, 0.25) is 5.91 Å². The maximum Gasteiger partial charge on any atom is 0.230 e. The van der Waals surface area contributed by atoms with Gasteiger partial charge in [0.05, 0.1) is 6.42 Å². The number of rotatable bonds is 5. The van der Waals surface area contributed by atoms with E-state index in [9.17, 15) is 4.79 Å². The molecule has 0 unspecified atom stereocenters. The van der Waals surface area contributed by atoms with Crippen molar-refractivity contribution in [2.75, 3.05) is 23.8 Å². The number of nitrogens with zero attached hydrogens (tertiary/aromatic N) is 2. The fourth-order valence-electron chi connectivity index (χ4n) is 2.49. The Morgan fingerprint density at radius 2 is 1.85 bits per heavy atom. The number of nitrogens with one attached hydrogen (secondary N) is 2. The van der Waals surface area contributed by atoms with Crippen molar-refractivity contribution >= 4 is 34.6 Å². The van der Waals surface area contributed by atoms with E-state index in [4.69, 9.17) is 9.47 Å². The van der Waals surface area contributed by atoms with Gasteiger partial charge < -0.3 is 20.1 Å². The van der Waals surface area contributed by atoms with Crippen LogP contribution in [0.5, 0.6) is 11.5 Å². The number of hydrogen-bond donors (Lipinski definition) is 2. The lowest BCUT2D eigenvalue weighted by atomic mass is 10.2. The summed E-state index contributed by atoms with van der Waals surface area (Å²) in [5.74, 6) is 2.30. The predicted molar refractivity (Wildman–Crippen MR) is 99.4 cm³/mol. The lowest BCUT2D eigenvalue weighted by molar-refractivity contribution is -0.115. The van der Waals surface area contributed by atoms with Crippen LogP contribution in [0, 0.1) is 0 Å². The Labute approximate surface area is 154 Å². The molecular formula is C18H16N4O3S. The second kappa shape index (κ2) is 7.40. The molecule has 0 radical (unpaired) electrons. The molecule has 8 heteroatoms. The molecule has 2 N–H and O–H groups in total. The zero-order chi connectivity index (χ0) is 17.8. The van der Waals surface area contributed by atoms with E-state index in [1.807, 2.05) is 35.7 Å². The van der Waals surface area contributed by atoms with E-state index in [1.54, 1.807) is 23.5 Å². The lowest BCUT2D eigenvalue weighted by Crippen LogP contribution is -2.15. The topological polar surface area (TPSA) is 85.4 Å². The Balaban J connectivity index is 1.37. The van der Waals surface area contributed by atoms with Gasteiger partial charge in [-0.1, -0.05) is 6.07 Å². The van der Waals surface area contributed by atoms with Crippen molar-refractivity contribution in [1.29, 1.82) is 0 Å². The minimum Gasteiger partial charge on any atom is -0.486 e. The highest BCUT2D eigenvalue weighted by Crippen LogP contribution is 2.33. The molecule has 0 aliphatic carbocycles. The first kappa shape index (κ1) is 16.3. The molecule has 7 nitrogen and oxygen atoms in total. The molecule has 0 saturated carbocycles. The highest BCUT2D eigenvalue weighted by molar-refractivity contribution is 7.10. The second-order valence-electron chi connectivity index (χ2n) is 5.59. The van der Waals surface area contributed by atoms with E-state index in [1.165, 1.54) is 0 Å². The molecule has 0 atom stereocenters. The van der Waals surface area contributed by atoms with Crippen molar-refractivity contribution in [3.8, 4) is 11.5 Å². The summed E-state index contributed by atoms with van der Waals surface area (Å²) in [6.07, 6.45) is 0.330. The molecule has 4 rings (SSSR count). The van der Waals surface area contributed by atoms with E-state index >= 15 is 0 Å². The number of carbonyl (C=O) groups excluding carboxylic acids is 1. The molecular weight excluding hydrogens is 352 g/mol. The van der Waals surface area contributed by atoms with Crippen LogP contribution in [0.2, 0.25) is 0 Å².